The molecule has 0 aromatic carbocycles. The highest BCUT2D eigenvalue weighted by Crippen LogP contribution is 2.09. The summed E-state index contributed by atoms with van der Waals surface area (Å²) in [6.07, 6.45) is 3.00. The van der Waals surface area contributed by atoms with E-state index in [0.29, 0.717) is 19.6 Å². The summed E-state index contributed by atoms with van der Waals surface area (Å²) < 4.78 is 1.58. The van der Waals surface area contributed by atoms with E-state index in [9.17, 15) is 4.79 Å². The molecule has 1 aromatic heterocycles. The van der Waals surface area contributed by atoms with Crippen molar-refractivity contribution in [3.05, 3.63) is 12.7 Å². The number of carbonyl (C=O) groups excluding carboxylic acids is 1. The molecule has 1 atom stereocenters. The van der Waals surface area contributed by atoms with Gasteiger partial charge in [-0.25, -0.2) is 4.98 Å². The van der Waals surface area contributed by atoms with Gasteiger partial charge in [-0.1, -0.05) is 0 Å². The van der Waals surface area contributed by atoms with E-state index in [1.165, 1.54) is 6.33 Å². The van der Waals surface area contributed by atoms with E-state index in [4.69, 9.17) is 5.73 Å². The summed E-state index contributed by atoms with van der Waals surface area (Å²) in [5, 5.41) is 7.18. The molecule has 1 unspecified atom stereocenters. The lowest BCUT2D eigenvalue weighted by Gasteiger charge is -2.34. The molecule has 17 heavy (non-hydrogen) atoms. The fourth-order valence-corrected chi connectivity index (χ4v) is 1.95. The number of aromatic nitrogens is 3. The second-order valence-electron chi connectivity index (χ2n) is 4.55. The van der Waals surface area contributed by atoms with Crippen LogP contribution in [0.2, 0.25) is 0 Å². The third-order valence-corrected chi connectivity index (χ3v) is 2.85. The van der Waals surface area contributed by atoms with E-state index in [-0.39, 0.29) is 5.91 Å². The minimum absolute atomic E-state index is 0.0329. The molecule has 7 heteroatoms. The van der Waals surface area contributed by atoms with Gasteiger partial charge in [0.2, 0.25) is 5.91 Å². The van der Waals surface area contributed by atoms with Gasteiger partial charge in [-0.3, -0.25) is 9.48 Å². The standard InChI is InChI=1S/C10H18N6O/c1-10(11,6-16-8-13-7-14-16)9(17)15-4-2-12-3-5-15/h7-8,12H,2-6,11H2,1H3. The van der Waals surface area contributed by atoms with Crippen molar-refractivity contribution in [3.63, 3.8) is 0 Å². The van der Waals surface area contributed by atoms with Crippen molar-refractivity contribution >= 4 is 5.91 Å². The van der Waals surface area contributed by atoms with Crippen LogP contribution >= 0.6 is 0 Å². The van der Waals surface area contributed by atoms with E-state index < -0.39 is 5.54 Å². The second-order valence-corrected chi connectivity index (χ2v) is 4.55. The molecule has 1 aliphatic rings. The van der Waals surface area contributed by atoms with Gasteiger partial charge in [-0.2, -0.15) is 5.10 Å². The van der Waals surface area contributed by atoms with Crippen molar-refractivity contribution in [1.82, 2.24) is 25.0 Å². The Morgan fingerprint density at radius 3 is 2.82 bits per heavy atom. The van der Waals surface area contributed by atoms with Crippen LogP contribution in [0, 0.1) is 0 Å². The first-order valence-corrected chi connectivity index (χ1v) is 5.71. The Morgan fingerprint density at radius 1 is 1.53 bits per heavy atom. The van der Waals surface area contributed by atoms with Crippen LogP contribution in [0.25, 0.3) is 0 Å². The summed E-state index contributed by atoms with van der Waals surface area (Å²) in [5.41, 5.74) is 5.14. The molecule has 7 nitrogen and oxygen atoms in total. The van der Waals surface area contributed by atoms with Crippen LogP contribution in [0.5, 0.6) is 0 Å². The Bertz CT molecular complexity index is 368. The Morgan fingerprint density at radius 2 is 2.24 bits per heavy atom. The predicted molar refractivity (Wildman–Crippen MR) is 62.1 cm³/mol. The van der Waals surface area contributed by atoms with Gasteiger partial charge in [-0.15, -0.1) is 0 Å². The fourth-order valence-electron chi connectivity index (χ4n) is 1.95. The van der Waals surface area contributed by atoms with Gasteiger partial charge in [-0.05, 0) is 6.92 Å². The number of nitrogens with zero attached hydrogens (tertiary/aromatic N) is 4. The fraction of sp³-hybridized carbons (Fsp3) is 0.700. The van der Waals surface area contributed by atoms with Crippen LogP contribution in [-0.4, -0.2) is 57.3 Å². The predicted octanol–water partition coefficient (Wildman–Crippen LogP) is -1.57. The van der Waals surface area contributed by atoms with Crippen LogP contribution in [-0.2, 0) is 11.3 Å². The zero-order valence-electron chi connectivity index (χ0n) is 9.96. The molecule has 1 amide bonds. The number of piperazine rings is 1. The van der Waals surface area contributed by atoms with Gasteiger partial charge in [0.05, 0.1) is 6.54 Å². The molecule has 0 bridgehead atoms. The molecule has 1 aromatic rings. The molecule has 0 spiro atoms. The summed E-state index contributed by atoms with van der Waals surface area (Å²) in [6.45, 7) is 5.15. The maximum Gasteiger partial charge on any atom is 0.244 e. The van der Waals surface area contributed by atoms with Crippen molar-refractivity contribution in [3.8, 4) is 0 Å². The smallest absolute Gasteiger partial charge is 0.244 e. The zero-order valence-corrected chi connectivity index (χ0v) is 9.96. The monoisotopic (exact) mass is 238 g/mol. The summed E-state index contributed by atoms with van der Waals surface area (Å²) in [6, 6.07) is 0. The maximum absolute atomic E-state index is 12.3. The maximum atomic E-state index is 12.3. The summed E-state index contributed by atoms with van der Waals surface area (Å²) in [7, 11) is 0. The molecule has 2 heterocycles. The molecule has 2 rings (SSSR count). The molecule has 0 radical (unpaired) electrons. The van der Waals surface area contributed by atoms with Crippen molar-refractivity contribution in [2.75, 3.05) is 26.2 Å². The highest BCUT2D eigenvalue weighted by molar-refractivity contribution is 5.85. The van der Waals surface area contributed by atoms with Gasteiger partial charge in [0.1, 0.15) is 18.2 Å². The lowest BCUT2D eigenvalue weighted by atomic mass is 10.0. The molecule has 0 aliphatic carbocycles. The van der Waals surface area contributed by atoms with Crippen molar-refractivity contribution in [2.24, 2.45) is 5.73 Å². The van der Waals surface area contributed by atoms with E-state index >= 15 is 0 Å². The van der Waals surface area contributed by atoms with Gasteiger partial charge in [0.15, 0.2) is 0 Å². The average molecular weight is 238 g/mol. The zero-order chi connectivity index (χ0) is 12.3. The Hall–Kier alpha value is -1.47. The highest BCUT2D eigenvalue weighted by Gasteiger charge is 2.33. The van der Waals surface area contributed by atoms with Gasteiger partial charge >= 0.3 is 0 Å². The minimum Gasteiger partial charge on any atom is -0.339 e. The molecule has 1 aliphatic heterocycles. The summed E-state index contributed by atoms with van der Waals surface area (Å²) in [5.74, 6) is -0.0329. The SMILES string of the molecule is CC(N)(Cn1cncn1)C(=O)N1CCNCC1. The van der Waals surface area contributed by atoms with Crippen LogP contribution in [0.1, 0.15) is 6.92 Å². The summed E-state index contributed by atoms with van der Waals surface area (Å²) >= 11 is 0. The van der Waals surface area contributed by atoms with Crippen molar-refractivity contribution in [2.45, 2.75) is 19.0 Å². The number of nitrogens with one attached hydrogen (secondary N) is 1. The van der Waals surface area contributed by atoms with Crippen LogP contribution in [0.15, 0.2) is 12.7 Å². The largest absolute Gasteiger partial charge is 0.339 e. The molecule has 3 N–H and O–H groups in total. The number of hydrogen-bond acceptors (Lipinski definition) is 5. The first-order chi connectivity index (χ1) is 8.09. The molecule has 94 valence electrons. The van der Waals surface area contributed by atoms with E-state index in [1.54, 1.807) is 22.8 Å². The molecule has 1 fully saturated rings. The molecular formula is C10H18N6O. The minimum atomic E-state index is -0.939. The lowest BCUT2D eigenvalue weighted by Crippen LogP contribution is -2.59. The average Bonchev–Trinajstić information content (AvgIpc) is 2.81. The first kappa shape index (κ1) is 12.0. The molecular weight excluding hydrogens is 220 g/mol. The molecule has 0 saturated carbocycles. The van der Waals surface area contributed by atoms with Gasteiger partial charge in [0.25, 0.3) is 0 Å². The van der Waals surface area contributed by atoms with E-state index in [1.807, 2.05) is 0 Å². The van der Waals surface area contributed by atoms with E-state index in [2.05, 4.69) is 15.4 Å². The lowest BCUT2D eigenvalue weighted by molar-refractivity contribution is -0.137. The quantitative estimate of drug-likeness (QED) is 0.664. The third-order valence-electron chi connectivity index (χ3n) is 2.85. The van der Waals surface area contributed by atoms with Gasteiger partial charge < -0.3 is 16.0 Å². The Labute approximate surface area is 100.0 Å². The van der Waals surface area contributed by atoms with Crippen LogP contribution in [0.3, 0.4) is 0 Å². The third kappa shape index (κ3) is 2.80. The number of rotatable bonds is 3. The number of amides is 1. The summed E-state index contributed by atoms with van der Waals surface area (Å²) in [4.78, 5) is 17.9. The second kappa shape index (κ2) is 4.80. The topological polar surface area (TPSA) is 89.1 Å². The Balaban J connectivity index is 2.00. The number of carbonyl (C=O) groups is 1. The number of nitrogens with two attached hydrogens (primary N) is 1. The first-order valence-electron chi connectivity index (χ1n) is 5.71. The highest BCUT2D eigenvalue weighted by atomic mass is 16.2. The van der Waals surface area contributed by atoms with Crippen LogP contribution in [0.4, 0.5) is 0 Å². The molecule has 1 saturated heterocycles. The van der Waals surface area contributed by atoms with Crippen LogP contribution < -0.4 is 11.1 Å². The van der Waals surface area contributed by atoms with E-state index in [0.717, 1.165) is 13.1 Å². The van der Waals surface area contributed by atoms with Crippen molar-refractivity contribution in [1.29, 1.82) is 0 Å². The van der Waals surface area contributed by atoms with Gasteiger partial charge in [0, 0.05) is 26.2 Å². The normalized spacial score (nSPS) is 20.0. The Kier molecular flexibility index (Phi) is 3.39. The van der Waals surface area contributed by atoms with Crippen molar-refractivity contribution < 1.29 is 4.79 Å². The number of hydrogen-bond donors (Lipinski definition) is 2.